The Morgan fingerprint density at radius 2 is 1.83 bits per heavy atom. The van der Waals surface area contributed by atoms with Crippen LogP contribution in [0.1, 0.15) is 40.1 Å². The molecule has 0 unspecified atom stereocenters. The van der Waals surface area contributed by atoms with Crippen LogP contribution in [0.2, 0.25) is 0 Å². The SMILES string of the molecule is CC=NN(C(=O)c1ccc(C(=O)NC(C)C)s1)c1csc(-c2ccc(Br)cc2)c1O. The third kappa shape index (κ3) is 4.80. The second kappa shape index (κ2) is 9.55. The molecule has 2 aromatic heterocycles. The van der Waals surface area contributed by atoms with Crippen molar-refractivity contribution >= 4 is 62.3 Å². The van der Waals surface area contributed by atoms with Gasteiger partial charge in [-0.25, -0.2) is 0 Å². The van der Waals surface area contributed by atoms with Gasteiger partial charge in [0.1, 0.15) is 5.69 Å². The largest absolute Gasteiger partial charge is 0.504 e. The van der Waals surface area contributed by atoms with Gasteiger partial charge < -0.3 is 10.4 Å². The Labute approximate surface area is 191 Å². The van der Waals surface area contributed by atoms with Gasteiger partial charge in [0.2, 0.25) is 0 Å². The van der Waals surface area contributed by atoms with Crippen LogP contribution in [0.15, 0.2) is 51.4 Å². The Morgan fingerprint density at radius 1 is 1.17 bits per heavy atom. The van der Waals surface area contributed by atoms with Crippen LogP contribution in [-0.4, -0.2) is 29.2 Å². The number of rotatable bonds is 6. The lowest BCUT2D eigenvalue weighted by Crippen LogP contribution is -2.29. The van der Waals surface area contributed by atoms with Crippen LogP contribution < -0.4 is 10.3 Å². The highest BCUT2D eigenvalue weighted by Crippen LogP contribution is 2.44. The number of anilines is 1. The highest BCUT2D eigenvalue weighted by atomic mass is 79.9. The molecule has 0 spiro atoms. The summed E-state index contributed by atoms with van der Waals surface area (Å²) in [5.41, 5.74) is 1.13. The Balaban J connectivity index is 1.91. The van der Waals surface area contributed by atoms with Crippen LogP contribution in [0.25, 0.3) is 10.4 Å². The zero-order valence-corrected chi connectivity index (χ0v) is 19.8. The summed E-state index contributed by atoms with van der Waals surface area (Å²) >= 11 is 5.81. The van der Waals surface area contributed by atoms with Gasteiger partial charge in [-0.1, -0.05) is 28.1 Å². The van der Waals surface area contributed by atoms with E-state index in [9.17, 15) is 14.7 Å². The molecule has 9 heteroatoms. The van der Waals surface area contributed by atoms with Crippen molar-refractivity contribution in [3.63, 3.8) is 0 Å². The Morgan fingerprint density at radius 3 is 2.47 bits per heavy atom. The molecule has 0 radical (unpaired) electrons. The first-order valence-corrected chi connectivity index (χ1v) is 11.6. The predicted molar refractivity (Wildman–Crippen MR) is 127 cm³/mol. The maximum atomic E-state index is 13.1. The van der Waals surface area contributed by atoms with Crippen molar-refractivity contribution in [3.8, 4) is 16.2 Å². The summed E-state index contributed by atoms with van der Waals surface area (Å²) < 4.78 is 0.935. The number of nitrogens with zero attached hydrogens (tertiary/aromatic N) is 2. The standard InChI is InChI=1S/C21H20BrN3O3S2/c1-4-23-25(21(28)17-10-9-16(30-17)20(27)24-12(2)3)15-11-29-19(18(15)26)13-5-7-14(22)8-6-13/h4-12,26H,1-3H3,(H,24,27). The van der Waals surface area contributed by atoms with E-state index in [1.165, 1.54) is 17.6 Å². The number of benzene rings is 1. The van der Waals surface area contributed by atoms with E-state index in [-0.39, 0.29) is 17.7 Å². The maximum Gasteiger partial charge on any atom is 0.288 e. The summed E-state index contributed by atoms with van der Waals surface area (Å²) in [6, 6.07) is 10.7. The summed E-state index contributed by atoms with van der Waals surface area (Å²) in [6.07, 6.45) is 1.48. The second-order valence-corrected chi connectivity index (χ2v) is 9.47. The van der Waals surface area contributed by atoms with E-state index < -0.39 is 5.91 Å². The van der Waals surface area contributed by atoms with E-state index in [4.69, 9.17) is 0 Å². The first-order valence-electron chi connectivity index (χ1n) is 9.12. The zero-order valence-electron chi connectivity index (χ0n) is 16.5. The molecule has 3 rings (SSSR count). The fraction of sp³-hybridized carbons (Fsp3) is 0.190. The first kappa shape index (κ1) is 22.2. The summed E-state index contributed by atoms with van der Waals surface area (Å²) in [5.74, 6) is -0.664. The first-order chi connectivity index (χ1) is 14.3. The molecular weight excluding hydrogens is 486 g/mol. The van der Waals surface area contributed by atoms with Gasteiger partial charge in [0.15, 0.2) is 5.75 Å². The molecule has 0 fully saturated rings. The quantitative estimate of drug-likeness (QED) is 0.331. The van der Waals surface area contributed by atoms with Gasteiger partial charge in [-0.2, -0.15) is 10.1 Å². The monoisotopic (exact) mass is 505 g/mol. The molecule has 3 aromatic rings. The molecule has 0 atom stereocenters. The topological polar surface area (TPSA) is 82.0 Å². The van der Waals surface area contributed by atoms with Gasteiger partial charge in [-0.05, 0) is 50.6 Å². The summed E-state index contributed by atoms with van der Waals surface area (Å²) in [6.45, 7) is 5.44. The molecule has 2 heterocycles. The van der Waals surface area contributed by atoms with Crippen LogP contribution in [0.4, 0.5) is 5.69 Å². The van der Waals surface area contributed by atoms with E-state index >= 15 is 0 Å². The third-order valence-corrected chi connectivity index (χ3v) is 6.57. The minimum Gasteiger partial charge on any atom is -0.504 e. The number of nitrogens with one attached hydrogen (secondary N) is 1. The van der Waals surface area contributed by atoms with E-state index in [1.807, 2.05) is 38.1 Å². The number of hydrazone groups is 1. The van der Waals surface area contributed by atoms with Crippen molar-refractivity contribution in [2.45, 2.75) is 26.8 Å². The van der Waals surface area contributed by atoms with Crippen LogP contribution >= 0.6 is 38.6 Å². The molecule has 6 nitrogen and oxygen atoms in total. The summed E-state index contributed by atoms with van der Waals surface area (Å²) in [4.78, 5) is 26.7. The molecule has 0 aliphatic carbocycles. The zero-order chi connectivity index (χ0) is 21.8. The molecule has 30 heavy (non-hydrogen) atoms. The fourth-order valence-corrected chi connectivity index (χ4v) is 4.68. The smallest absolute Gasteiger partial charge is 0.288 e. The van der Waals surface area contributed by atoms with Crippen LogP contribution in [0, 0.1) is 0 Å². The normalized spacial score (nSPS) is 11.2. The van der Waals surface area contributed by atoms with Crippen molar-refractivity contribution in [2.24, 2.45) is 5.10 Å². The van der Waals surface area contributed by atoms with Gasteiger partial charge in [-0.15, -0.1) is 22.7 Å². The van der Waals surface area contributed by atoms with Crippen molar-refractivity contribution in [1.29, 1.82) is 0 Å². The van der Waals surface area contributed by atoms with Gasteiger partial charge in [0.25, 0.3) is 11.8 Å². The predicted octanol–water partition coefficient (Wildman–Crippen LogP) is 5.74. The van der Waals surface area contributed by atoms with E-state index in [1.54, 1.807) is 24.4 Å². The van der Waals surface area contributed by atoms with Crippen molar-refractivity contribution < 1.29 is 14.7 Å². The number of halogens is 1. The summed E-state index contributed by atoms with van der Waals surface area (Å²) in [7, 11) is 0. The molecule has 0 bridgehead atoms. The Kier molecular flexibility index (Phi) is 7.06. The van der Waals surface area contributed by atoms with Crippen LogP contribution in [0.5, 0.6) is 5.75 Å². The van der Waals surface area contributed by atoms with Crippen LogP contribution in [0.3, 0.4) is 0 Å². The maximum absolute atomic E-state index is 13.1. The number of carbonyl (C=O) groups is 2. The van der Waals surface area contributed by atoms with Gasteiger partial charge in [0.05, 0.1) is 14.6 Å². The molecule has 0 aliphatic heterocycles. The molecular formula is C21H20BrN3O3S2. The molecule has 0 aliphatic rings. The number of hydrogen-bond donors (Lipinski definition) is 2. The van der Waals surface area contributed by atoms with Gasteiger partial charge in [-0.3, -0.25) is 9.59 Å². The molecule has 0 saturated heterocycles. The molecule has 2 amide bonds. The number of thiophene rings is 2. The number of hydrogen-bond acceptors (Lipinski definition) is 6. The van der Waals surface area contributed by atoms with E-state index in [0.717, 1.165) is 26.4 Å². The molecule has 2 N–H and O–H groups in total. The number of aromatic hydroxyl groups is 1. The highest BCUT2D eigenvalue weighted by Gasteiger charge is 2.25. The number of amides is 2. The van der Waals surface area contributed by atoms with Crippen molar-refractivity contribution in [1.82, 2.24) is 5.32 Å². The molecule has 156 valence electrons. The van der Waals surface area contributed by atoms with E-state index in [0.29, 0.717) is 20.3 Å². The fourth-order valence-electron chi connectivity index (χ4n) is 2.65. The lowest BCUT2D eigenvalue weighted by molar-refractivity contribution is 0.0946. The molecule has 1 aromatic carbocycles. The Bertz CT molecular complexity index is 1090. The Hall–Kier alpha value is -2.49. The van der Waals surface area contributed by atoms with Crippen molar-refractivity contribution in [2.75, 3.05) is 5.01 Å². The van der Waals surface area contributed by atoms with Crippen LogP contribution in [-0.2, 0) is 0 Å². The van der Waals surface area contributed by atoms with Crippen molar-refractivity contribution in [3.05, 3.63) is 56.0 Å². The lowest BCUT2D eigenvalue weighted by Gasteiger charge is -2.15. The van der Waals surface area contributed by atoms with Gasteiger partial charge >= 0.3 is 0 Å². The lowest BCUT2D eigenvalue weighted by atomic mass is 10.2. The summed E-state index contributed by atoms with van der Waals surface area (Å²) in [5, 5.41) is 20.6. The average molecular weight is 506 g/mol. The highest BCUT2D eigenvalue weighted by molar-refractivity contribution is 9.10. The van der Waals surface area contributed by atoms with E-state index in [2.05, 4.69) is 26.3 Å². The third-order valence-electron chi connectivity index (χ3n) is 3.96. The second-order valence-electron chi connectivity index (χ2n) is 6.59. The average Bonchev–Trinajstić information content (AvgIpc) is 3.33. The minimum absolute atomic E-state index is 0.000254. The number of carbonyl (C=O) groups excluding carboxylic acids is 2. The minimum atomic E-state index is -0.419. The van der Waals surface area contributed by atoms with Gasteiger partial charge in [0, 0.05) is 22.1 Å². The molecule has 0 saturated carbocycles.